The van der Waals surface area contributed by atoms with Gasteiger partial charge < -0.3 is 20.9 Å². The molecule has 7 nitrogen and oxygen atoms in total. The van der Waals surface area contributed by atoms with Crippen molar-refractivity contribution < 1.29 is 19.4 Å². The number of hydrogen-bond donors (Lipinski definition) is 3. The van der Waals surface area contributed by atoms with Crippen LogP contribution in [-0.4, -0.2) is 39.8 Å². The Morgan fingerprint density at radius 3 is 2.17 bits per heavy atom. The number of benzene rings is 2. The number of primary amides is 1. The van der Waals surface area contributed by atoms with Gasteiger partial charge in [0.05, 0.1) is 17.8 Å². The van der Waals surface area contributed by atoms with Crippen molar-refractivity contribution in [2.24, 2.45) is 11.7 Å². The Labute approximate surface area is 212 Å². The summed E-state index contributed by atoms with van der Waals surface area (Å²) in [7, 11) is 0. The zero-order chi connectivity index (χ0) is 26.1. The first-order valence-corrected chi connectivity index (χ1v) is 12.1. The molecule has 1 heterocycles. The van der Waals surface area contributed by atoms with E-state index in [0.29, 0.717) is 12.8 Å². The molecule has 0 saturated heterocycles. The maximum atomic E-state index is 12.5. The molecule has 0 aliphatic heterocycles. The molecule has 0 spiro atoms. The molecule has 0 saturated carbocycles. The number of nitrogens with zero attached hydrogens (tertiary/aromatic N) is 1. The minimum absolute atomic E-state index is 0.102. The molecule has 2 aromatic carbocycles. The Morgan fingerprint density at radius 2 is 1.58 bits per heavy atom. The van der Waals surface area contributed by atoms with E-state index >= 15 is 0 Å². The van der Waals surface area contributed by atoms with Crippen molar-refractivity contribution >= 4 is 12.0 Å². The summed E-state index contributed by atoms with van der Waals surface area (Å²) in [6.45, 7) is 5.33. The summed E-state index contributed by atoms with van der Waals surface area (Å²) in [5, 5.41) is 13.9. The van der Waals surface area contributed by atoms with Gasteiger partial charge in [-0.1, -0.05) is 60.7 Å². The van der Waals surface area contributed by atoms with E-state index in [2.05, 4.69) is 10.3 Å². The van der Waals surface area contributed by atoms with E-state index in [9.17, 15) is 14.7 Å². The van der Waals surface area contributed by atoms with Crippen LogP contribution in [0.25, 0.3) is 11.3 Å². The first-order chi connectivity index (χ1) is 17.1. The number of aromatic nitrogens is 1. The van der Waals surface area contributed by atoms with Crippen molar-refractivity contribution in [3.63, 3.8) is 0 Å². The Hall–Kier alpha value is -3.71. The number of aliphatic hydroxyl groups is 1. The van der Waals surface area contributed by atoms with E-state index in [-0.39, 0.29) is 6.42 Å². The summed E-state index contributed by atoms with van der Waals surface area (Å²) in [6.07, 6.45) is 0.965. The fourth-order valence-electron chi connectivity index (χ4n) is 4.00. The van der Waals surface area contributed by atoms with Crippen molar-refractivity contribution in [1.82, 2.24) is 10.3 Å². The van der Waals surface area contributed by atoms with Gasteiger partial charge in [0.25, 0.3) is 0 Å². The van der Waals surface area contributed by atoms with Crippen LogP contribution in [0, 0.1) is 5.92 Å². The minimum Gasteiger partial charge on any atom is -0.444 e. The van der Waals surface area contributed by atoms with Crippen LogP contribution in [0.15, 0.2) is 79.0 Å². The van der Waals surface area contributed by atoms with Gasteiger partial charge in [0.1, 0.15) is 5.60 Å². The predicted octanol–water partition coefficient (Wildman–Crippen LogP) is 4.28. The molecule has 36 heavy (non-hydrogen) atoms. The number of ether oxygens (including phenoxy) is 1. The van der Waals surface area contributed by atoms with Crippen molar-refractivity contribution in [3.05, 3.63) is 90.1 Å². The lowest BCUT2D eigenvalue weighted by molar-refractivity contribution is -0.122. The van der Waals surface area contributed by atoms with E-state index in [1.54, 1.807) is 27.0 Å². The Bertz CT molecular complexity index is 1110. The fourth-order valence-corrected chi connectivity index (χ4v) is 4.00. The van der Waals surface area contributed by atoms with Crippen molar-refractivity contribution in [1.29, 1.82) is 0 Å². The molecule has 0 aliphatic carbocycles. The second-order valence-electron chi connectivity index (χ2n) is 9.96. The molecular weight excluding hydrogens is 454 g/mol. The molecule has 1 aromatic heterocycles. The third-order valence-electron chi connectivity index (χ3n) is 5.79. The number of rotatable bonds is 10. The lowest BCUT2D eigenvalue weighted by atomic mass is 9.88. The second-order valence-corrected chi connectivity index (χ2v) is 9.96. The third-order valence-corrected chi connectivity index (χ3v) is 5.79. The first-order valence-electron chi connectivity index (χ1n) is 12.1. The molecule has 3 aromatic rings. The highest BCUT2D eigenvalue weighted by Gasteiger charge is 2.29. The normalized spacial score (nSPS) is 13.9. The summed E-state index contributed by atoms with van der Waals surface area (Å²) in [5.41, 5.74) is 8.74. The molecule has 0 bridgehead atoms. The molecule has 2 amide bonds. The van der Waals surface area contributed by atoms with Crippen LogP contribution >= 0.6 is 0 Å². The molecule has 4 N–H and O–H groups in total. The number of nitrogens with two attached hydrogens (primary N) is 1. The summed E-state index contributed by atoms with van der Waals surface area (Å²) < 4.78 is 5.39. The van der Waals surface area contributed by atoms with Crippen LogP contribution < -0.4 is 11.1 Å². The van der Waals surface area contributed by atoms with Crippen LogP contribution in [0.4, 0.5) is 4.79 Å². The molecule has 0 unspecified atom stereocenters. The lowest BCUT2D eigenvalue weighted by Crippen LogP contribution is -2.48. The number of aliphatic hydroxyl groups excluding tert-OH is 1. The predicted molar refractivity (Wildman–Crippen MR) is 140 cm³/mol. The summed E-state index contributed by atoms with van der Waals surface area (Å²) in [4.78, 5) is 29.1. The van der Waals surface area contributed by atoms with E-state index in [4.69, 9.17) is 10.5 Å². The Morgan fingerprint density at radius 1 is 0.944 bits per heavy atom. The number of hydrogen-bond acceptors (Lipinski definition) is 5. The van der Waals surface area contributed by atoms with Gasteiger partial charge in [-0.25, -0.2) is 4.79 Å². The van der Waals surface area contributed by atoms with Crippen LogP contribution in [-0.2, 0) is 22.4 Å². The van der Waals surface area contributed by atoms with Crippen LogP contribution in [0.3, 0.4) is 0 Å². The monoisotopic (exact) mass is 489 g/mol. The zero-order valence-corrected chi connectivity index (χ0v) is 21.1. The van der Waals surface area contributed by atoms with E-state index in [0.717, 1.165) is 22.4 Å². The number of pyridine rings is 1. The average Bonchev–Trinajstić information content (AvgIpc) is 2.83. The Kier molecular flexibility index (Phi) is 9.19. The van der Waals surface area contributed by atoms with Gasteiger partial charge in [0, 0.05) is 17.7 Å². The summed E-state index contributed by atoms with van der Waals surface area (Å²) in [6, 6.07) is 22.4. The third kappa shape index (κ3) is 8.50. The van der Waals surface area contributed by atoms with Gasteiger partial charge >= 0.3 is 6.09 Å². The fraction of sp³-hybridized carbons (Fsp3) is 0.345. The molecule has 0 radical (unpaired) electrons. The molecule has 0 aliphatic rings. The topological polar surface area (TPSA) is 115 Å². The quantitative estimate of drug-likeness (QED) is 0.393. The standard InChI is InChI=1S/C29H35N3O4/c1-29(2,3)36-28(35)32-25(18-20-9-5-4-6-10-20)26(33)19-23(27(30)34)17-21-12-14-22(15-13-21)24-11-7-8-16-31-24/h4-16,23,25-26,33H,17-19H2,1-3H3,(H2,30,34)(H,32,35)/t23-,25-,26-/m0/s1. The van der Waals surface area contributed by atoms with Gasteiger partial charge in [0.2, 0.25) is 5.91 Å². The maximum absolute atomic E-state index is 12.5. The molecule has 3 atom stereocenters. The lowest BCUT2D eigenvalue weighted by Gasteiger charge is -2.28. The van der Waals surface area contributed by atoms with Crippen LogP contribution in [0.5, 0.6) is 0 Å². The van der Waals surface area contributed by atoms with Crippen LogP contribution in [0.1, 0.15) is 38.3 Å². The summed E-state index contributed by atoms with van der Waals surface area (Å²) >= 11 is 0. The van der Waals surface area contributed by atoms with Gasteiger partial charge in [-0.05, 0) is 63.3 Å². The molecule has 7 heteroatoms. The smallest absolute Gasteiger partial charge is 0.407 e. The number of carbonyl (C=O) groups is 2. The highest BCUT2D eigenvalue weighted by Crippen LogP contribution is 2.22. The Balaban J connectivity index is 1.71. The SMILES string of the molecule is CC(C)(C)OC(=O)N[C@@H](Cc1ccccc1)[C@@H](O)C[C@H](Cc1ccc(-c2ccccn2)cc1)C(N)=O. The summed E-state index contributed by atoms with van der Waals surface area (Å²) in [5.74, 6) is -1.11. The van der Waals surface area contributed by atoms with Crippen molar-refractivity contribution in [3.8, 4) is 11.3 Å². The van der Waals surface area contributed by atoms with E-state index in [1.165, 1.54) is 0 Å². The van der Waals surface area contributed by atoms with E-state index < -0.39 is 35.7 Å². The molecule has 0 fully saturated rings. The number of carbonyl (C=O) groups excluding carboxylic acids is 2. The average molecular weight is 490 g/mol. The highest BCUT2D eigenvalue weighted by atomic mass is 16.6. The molecular formula is C29H35N3O4. The van der Waals surface area contributed by atoms with Crippen LogP contribution in [0.2, 0.25) is 0 Å². The van der Waals surface area contributed by atoms with E-state index in [1.807, 2.05) is 72.8 Å². The molecule has 190 valence electrons. The zero-order valence-electron chi connectivity index (χ0n) is 21.1. The molecule has 3 rings (SSSR count). The van der Waals surface area contributed by atoms with Gasteiger partial charge in [0.15, 0.2) is 0 Å². The number of nitrogens with one attached hydrogen (secondary N) is 1. The first kappa shape index (κ1) is 26.9. The van der Waals surface area contributed by atoms with Gasteiger partial charge in [-0.2, -0.15) is 0 Å². The number of amides is 2. The largest absolute Gasteiger partial charge is 0.444 e. The second kappa shape index (κ2) is 12.3. The van der Waals surface area contributed by atoms with Gasteiger partial charge in [-0.15, -0.1) is 0 Å². The highest BCUT2D eigenvalue weighted by molar-refractivity contribution is 5.77. The number of alkyl carbamates (subject to hydrolysis) is 1. The van der Waals surface area contributed by atoms with Crippen molar-refractivity contribution in [2.75, 3.05) is 0 Å². The van der Waals surface area contributed by atoms with Crippen molar-refractivity contribution in [2.45, 2.75) is 57.8 Å². The van der Waals surface area contributed by atoms with Gasteiger partial charge in [-0.3, -0.25) is 9.78 Å². The maximum Gasteiger partial charge on any atom is 0.407 e. The minimum atomic E-state index is -1.01.